The molecule has 0 saturated carbocycles. The molecule has 1 unspecified atom stereocenters. The van der Waals surface area contributed by atoms with Gasteiger partial charge >= 0.3 is 0 Å². The van der Waals surface area contributed by atoms with Crippen LogP contribution in [0.3, 0.4) is 0 Å². The summed E-state index contributed by atoms with van der Waals surface area (Å²) in [5, 5.41) is 2.61. The van der Waals surface area contributed by atoms with Crippen molar-refractivity contribution in [3.63, 3.8) is 0 Å². The van der Waals surface area contributed by atoms with Crippen LogP contribution in [0.5, 0.6) is 0 Å². The van der Waals surface area contributed by atoms with Crippen molar-refractivity contribution < 1.29 is 0 Å². The third-order valence-electron chi connectivity index (χ3n) is 3.91. The molecule has 0 amide bonds. The summed E-state index contributed by atoms with van der Waals surface area (Å²) in [5.74, 6) is 0. The quantitative estimate of drug-likeness (QED) is 0.767. The van der Waals surface area contributed by atoms with Gasteiger partial charge < -0.3 is 10.3 Å². The van der Waals surface area contributed by atoms with Gasteiger partial charge in [-0.25, -0.2) is 0 Å². The number of hydrogen-bond donors (Lipinski definition) is 1. The lowest BCUT2D eigenvalue weighted by atomic mass is 10.1. The van der Waals surface area contributed by atoms with Gasteiger partial charge in [0, 0.05) is 28.9 Å². The number of nitrogens with zero attached hydrogens (tertiary/aromatic N) is 1. The summed E-state index contributed by atoms with van der Waals surface area (Å²) in [7, 11) is 2.14. The molecule has 1 heterocycles. The van der Waals surface area contributed by atoms with E-state index in [1.54, 1.807) is 0 Å². The van der Waals surface area contributed by atoms with E-state index < -0.39 is 0 Å². The van der Waals surface area contributed by atoms with E-state index in [4.69, 9.17) is 5.73 Å². The second-order valence-corrected chi connectivity index (χ2v) is 7.02. The average molecular weight is 310 g/mol. The zero-order valence-electron chi connectivity index (χ0n) is 13.3. The number of rotatable bonds is 4. The number of aromatic nitrogens is 1. The van der Waals surface area contributed by atoms with Gasteiger partial charge in [-0.05, 0) is 44.0 Å². The normalized spacial score (nSPS) is 12.7. The number of benzene rings is 2. The molecule has 1 atom stereocenters. The van der Waals surface area contributed by atoms with Crippen LogP contribution < -0.4 is 5.73 Å². The maximum atomic E-state index is 6.09. The highest BCUT2D eigenvalue weighted by Gasteiger charge is 2.16. The molecule has 3 aromatic rings. The number of nitrogens with two attached hydrogens (primary N) is 1. The van der Waals surface area contributed by atoms with Gasteiger partial charge in [0.25, 0.3) is 0 Å². The van der Waals surface area contributed by atoms with Gasteiger partial charge in [-0.1, -0.05) is 47.7 Å². The first-order valence-electron chi connectivity index (χ1n) is 7.62. The molecule has 3 heteroatoms. The Balaban J connectivity index is 2.10. The Morgan fingerprint density at radius 3 is 2.45 bits per heavy atom. The molecule has 0 bridgehead atoms. The van der Waals surface area contributed by atoms with Crippen molar-refractivity contribution in [2.75, 3.05) is 0 Å². The standard InChI is InChI=1S/C19H22N2S/c1-13-8-10-15(11-9-13)22-19-17(12-14(2)20)16-6-4-5-7-18(16)21(19)3/h4-11,14H,12,20H2,1-3H3. The molecule has 1 aromatic heterocycles. The Morgan fingerprint density at radius 1 is 1.09 bits per heavy atom. The summed E-state index contributed by atoms with van der Waals surface area (Å²) < 4.78 is 2.29. The molecule has 2 aromatic carbocycles. The second kappa shape index (κ2) is 6.19. The molecule has 0 aliphatic rings. The Kier molecular flexibility index (Phi) is 4.27. The van der Waals surface area contributed by atoms with E-state index in [9.17, 15) is 0 Å². The molecule has 22 heavy (non-hydrogen) atoms. The fraction of sp³-hybridized carbons (Fsp3) is 0.263. The van der Waals surface area contributed by atoms with Gasteiger partial charge in [0.15, 0.2) is 0 Å². The second-order valence-electron chi connectivity index (χ2n) is 5.96. The first-order chi connectivity index (χ1) is 10.6. The minimum absolute atomic E-state index is 0.156. The van der Waals surface area contributed by atoms with E-state index >= 15 is 0 Å². The van der Waals surface area contributed by atoms with E-state index in [1.807, 2.05) is 11.8 Å². The van der Waals surface area contributed by atoms with E-state index in [-0.39, 0.29) is 6.04 Å². The van der Waals surface area contributed by atoms with E-state index in [0.717, 1.165) is 6.42 Å². The van der Waals surface area contributed by atoms with Gasteiger partial charge in [0.2, 0.25) is 0 Å². The molecule has 0 aliphatic heterocycles. The molecular weight excluding hydrogens is 288 g/mol. The summed E-state index contributed by atoms with van der Waals surface area (Å²) in [6.45, 7) is 4.19. The molecule has 0 radical (unpaired) electrons. The smallest absolute Gasteiger partial charge is 0.0838 e. The molecule has 2 N–H and O–H groups in total. The van der Waals surface area contributed by atoms with E-state index in [1.165, 1.54) is 32.0 Å². The first kappa shape index (κ1) is 15.2. The van der Waals surface area contributed by atoms with Crippen LogP contribution in [0, 0.1) is 6.92 Å². The third kappa shape index (κ3) is 2.92. The van der Waals surface area contributed by atoms with Crippen molar-refractivity contribution in [3.8, 4) is 0 Å². The largest absolute Gasteiger partial charge is 0.338 e. The summed E-state index contributed by atoms with van der Waals surface area (Å²) >= 11 is 1.82. The first-order valence-corrected chi connectivity index (χ1v) is 8.44. The molecule has 0 aliphatic carbocycles. The Bertz CT molecular complexity index is 785. The van der Waals surface area contributed by atoms with Gasteiger partial charge in [-0.2, -0.15) is 0 Å². The van der Waals surface area contributed by atoms with Crippen LogP contribution in [0.1, 0.15) is 18.1 Å². The van der Waals surface area contributed by atoms with Gasteiger partial charge in [0.05, 0.1) is 5.03 Å². The molecular formula is C19H22N2S. The topological polar surface area (TPSA) is 30.9 Å². The zero-order chi connectivity index (χ0) is 15.7. The third-order valence-corrected chi connectivity index (χ3v) is 5.14. The van der Waals surface area contributed by atoms with Gasteiger partial charge in [-0.3, -0.25) is 0 Å². The fourth-order valence-corrected chi connectivity index (χ4v) is 3.86. The summed E-state index contributed by atoms with van der Waals surface area (Å²) in [6.07, 6.45) is 0.898. The number of aryl methyl sites for hydroxylation is 2. The van der Waals surface area contributed by atoms with Crippen molar-refractivity contribution in [2.45, 2.75) is 36.2 Å². The molecule has 2 nitrogen and oxygen atoms in total. The summed E-state index contributed by atoms with van der Waals surface area (Å²) in [4.78, 5) is 1.27. The molecule has 0 spiro atoms. The summed E-state index contributed by atoms with van der Waals surface area (Å²) in [6, 6.07) is 17.4. The van der Waals surface area contributed by atoms with Crippen molar-refractivity contribution in [2.24, 2.45) is 12.8 Å². The van der Waals surface area contributed by atoms with Crippen LogP contribution >= 0.6 is 11.8 Å². The minimum atomic E-state index is 0.156. The zero-order valence-corrected chi connectivity index (χ0v) is 14.2. The maximum absolute atomic E-state index is 6.09. The van der Waals surface area contributed by atoms with Crippen molar-refractivity contribution in [1.82, 2.24) is 4.57 Å². The number of para-hydroxylation sites is 1. The monoisotopic (exact) mass is 310 g/mol. The highest BCUT2D eigenvalue weighted by Crippen LogP contribution is 2.37. The van der Waals surface area contributed by atoms with E-state index in [2.05, 4.69) is 74.0 Å². The van der Waals surface area contributed by atoms with Crippen molar-refractivity contribution in [1.29, 1.82) is 0 Å². The maximum Gasteiger partial charge on any atom is 0.0838 e. The van der Waals surface area contributed by atoms with Crippen molar-refractivity contribution >= 4 is 22.7 Å². The predicted molar refractivity (Wildman–Crippen MR) is 95.6 cm³/mol. The van der Waals surface area contributed by atoms with Gasteiger partial charge in [-0.15, -0.1) is 0 Å². The number of hydrogen-bond acceptors (Lipinski definition) is 2. The highest BCUT2D eigenvalue weighted by molar-refractivity contribution is 7.99. The van der Waals surface area contributed by atoms with E-state index in [0.29, 0.717) is 0 Å². The molecule has 0 fully saturated rings. The lowest BCUT2D eigenvalue weighted by molar-refractivity contribution is 0.718. The van der Waals surface area contributed by atoms with Crippen LogP contribution in [0.2, 0.25) is 0 Å². The number of fused-ring (bicyclic) bond motifs is 1. The SMILES string of the molecule is Cc1ccc(Sc2c(CC(C)N)c3ccccc3n2C)cc1. The minimum Gasteiger partial charge on any atom is -0.338 e. The highest BCUT2D eigenvalue weighted by atomic mass is 32.2. The van der Waals surface area contributed by atoms with Crippen LogP contribution in [-0.4, -0.2) is 10.6 Å². The Labute approximate surface area is 136 Å². The fourth-order valence-electron chi connectivity index (χ4n) is 2.82. The molecule has 0 saturated heterocycles. The van der Waals surface area contributed by atoms with Crippen LogP contribution in [0.25, 0.3) is 10.9 Å². The summed E-state index contributed by atoms with van der Waals surface area (Å²) in [5.41, 5.74) is 10.0. The lowest BCUT2D eigenvalue weighted by Crippen LogP contribution is -2.18. The predicted octanol–water partition coefficient (Wildman–Crippen LogP) is 4.53. The van der Waals surface area contributed by atoms with Gasteiger partial charge in [0.1, 0.15) is 0 Å². The molecule has 3 rings (SSSR count). The Hall–Kier alpha value is -1.71. The average Bonchev–Trinajstić information content (AvgIpc) is 2.75. The van der Waals surface area contributed by atoms with Crippen molar-refractivity contribution in [3.05, 3.63) is 59.7 Å². The molecule has 114 valence electrons. The van der Waals surface area contributed by atoms with Crippen LogP contribution in [-0.2, 0) is 13.5 Å². The van der Waals surface area contributed by atoms with Crippen LogP contribution in [0.4, 0.5) is 0 Å². The van der Waals surface area contributed by atoms with Crippen LogP contribution in [0.15, 0.2) is 58.5 Å². The Morgan fingerprint density at radius 2 is 1.77 bits per heavy atom. The lowest BCUT2D eigenvalue weighted by Gasteiger charge is -2.10.